The van der Waals surface area contributed by atoms with Crippen LogP contribution < -0.4 is 10.0 Å². The van der Waals surface area contributed by atoms with E-state index in [1.54, 1.807) is 4.72 Å². The van der Waals surface area contributed by atoms with E-state index in [0.717, 1.165) is 18.2 Å². The molecule has 32 heavy (non-hydrogen) atoms. The van der Waals surface area contributed by atoms with Crippen molar-refractivity contribution in [2.45, 2.75) is 23.5 Å². The van der Waals surface area contributed by atoms with Crippen LogP contribution in [0, 0.1) is 5.82 Å². The number of aliphatic carboxylic acids is 2. The number of carbonyl (C=O) groups excluding carboxylic acids is 1. The highest BCUT2D eigenvalue weighted by atomic mass is 32.2. The molecule has 0 aliphatic heterocycles. The maximum absolute atomic E-state index is 13.3. The first-order valence-electron chi connectivity index (χ1n) is 8.46. The molecule has 0 heterocycles. The van der Waals surface area contributed by atoms with Gasteiger partial charge < -0.3 is 15.5 Å². The number of sulfonamides is 1. The van der Waals surface area contributed by atoms with Crippen LogP contribution in [0.3, 0.4) is 0 Å². The lowest BCUT2D eigenvalue weighted by Crippen LogP contribution is -2.42. The van der Waals surface area contributed by atoms with Gasteiger partial charge in [-0.3, -0.25) is 14.3 Å². The topological polar surface area (TPSA) is 150 Å². The molecule has 2 rings (SSSR count). The largest absolute Gasteiger partial charge is 0.481 e. The summed E-state index contributed by atoms with van der Waals surface area (Å²) in [6.45, 7) is 0. The minimum atomic E-state index is -5.11. The lowest BCUT2D eigenvalue weighted by molar-refractivity contribution is -0.145. The van der Waals surface area contributed by atoms with E-state index in [1.807, 2.05) is 5.32 Å². The van der Waals surface area contributed by atoms with Crippen molar-refractivity contribution in [1.82, 2.24) is 5.32 Å². The molecule has 4 N–H and O–H groups in total. The van der Waals surface area contributed by atoms with Crippen LogP contribution in [0.15, 0.2) is 47.4 Å². The maximum atomic E-state index is 13.3. The summed E-state index contributed by atoms with van der Waals surface area (Å²) in [5, 5.41) is 19.6. The molecule has 1 amide bonds. The van der Waals surface area contributed by atoms with Crippen LogP contribution in [0.1, 0.15) is 22.3 Å². The average Bonchev–Trinajstić information content (AvgIpc) is 2.67. The summed E-state index contributed by atoms with van der Waals surface area (Å²) in [4.78, 5) is 33.5. The molecule has 0 spiro atoms. The number of hydrogen-bond acceptors (Lipinski definition) is 5. The van der Waals surface area contributed by atoms with Crippen molar-refractivity contribution in [2.75, 3.05) is 4.72 Å². The number of amides is 1. The number of carboxylic acid groups (broad SMARTS) is 2. The Labute approximate surface area is 177 Å². The maximum Gasteiger partial charge on any atom is 0.418 e. The predicted octanol–water partition coefficient (Wildman–Crippen LogP) is 2.30. The predicted molar refractivity (Wildman–Crippen MR) is 99.8 cm³/mol. The molecule has 0 aliphatic rings. The Kier molecular flexibility index (Phi) is 7.08. The van der Waals surface area contributed by atoms with E-state index >= 15 is 0 Å². The number of nitrogens with one attached hydrogen (secondary N) is 2. The van der Waals surface area contributed by atoms with Gasteiger partial charge in [0, 0.05) is 0 Å². The van der Waals surface area contributed by atoms with Crippen LogP contribution in [0.2, 0.25) is 0 Å². The number of anilines is 1. The van der Waals surface area contributed by atoms with Crippen LogP contribution in [0.25, 0.3) is 0 Å². The summed E-state index contributed by atoms with van der Waals surface area (Å²) in [6, 6.07) is 3.46. The van der Waals surface area contributed by atoms with Crippen molar-refractivity contribution in [3.05, 3.63) is 59.4 Å². The fourth-order valence-corrected chi connectivity index (χ4v) is 3.82. The minimum absolute atomic E-state index is 0.0832. The first kappa shape index (κ1) is 24.6. The van der Waals surface area contributed by atoms with E-state index in [1.165, 1.54) is 6.07 Å². The second kappa shape index (κ2) is 9.21. The zero-order valence-electron chi connectivity index (χ0n) is 15.7. The summed E-state index contributed by atoms with van der Waals surface area (Å²) in [7, 11) is -4.86. The summed E-state index contributed by atoms with van der Waals surface area (Å²) >= 11 is 0. The molecule has 1 unspecified atom stereocenters. The number of rotatable bonds is 8. The van der Waals surface area contributed by atoms with Crippen LogP contribution >= 0.6 is 0 Å². The molecular formula is C18H14F4N2O7S. The molecule has 0 fully saturated rings. The SMILES string of the molecule is O=C(O)CC(NC(=O)c1ccccc1S(=O)(=O)Nc1ccc(F)cc1C(F)(F)F)C(=O)O. The molecule has 172 valence electrons. The first-order chi connectivity index (χ1) is 14.7. The van der Waals surface area contributed by atoms with Gasteiger partial charge in [0.15, 0.2) is 0 Å². The molecule has 0 aliphatic carbocycles. The zero-order chi connectivity index (χ0) is 24.3. The summed E-state index contributed by atoms with van der Waals surface area (Å²) in [5.41, 5.74) is -3.29. The highest BCUT2D eigenvalue weighted by Crippen LogP contribution is 2.36. The van der Waals surface area contributed by atoms with Crippen molar-refractivity contribution in [1.29, 1.82) is 0 Å². The van der Waals surface area contributed by atoms with Crippen molar-refractivity contribution >= 4 is 33.6 Å². The third kappa shape index (κ3) is 5.94. The fourth-order valence-electron chi connectivity index (χ4n) is 2.54. The molecule has 0 saturated carbocycles. The Bertz CT molecular complexity index is 1170. The molecule has 14 heteroatoms. The number of hydrogen-bond donors (Lipinski definition) is 4. The minimum Gasteiger partial charge on any atom is -0.481 e. The van der Waals surface area contributed by atoms with Gasteiger partial charge in [-0.05, 0) is 30.3 Å². The van der Waals surface area contributed by atoms with Crippen molar-refractivity contribution in [2.24, 2.45) is 0 Å². The van der Waals surface area contributed by atoms with Crippen molar-refractivity contribution < 1.29 is 50.6 Å². The monoisotopic (exact) mass is 478 g/mol. The lowest BCUT2D eigenvalue weighted by Gasteiger charge is -2.17. The highest BCUT2D eigenvalue weighted by molar-refractivity contribution is 7.92. The first-order valence-corrected chi connectivity index (χ1v) is 9.94. The third-order valence-electron chi connectivity index (χ3n) is 3.93. The standard InChI is InChI=1S/C18H14F4N2O7S/c19-9-5-6-12(11(7-9)18(20,21)22)24-32(30,31)14-4-2-1-3-10(14)16(27)23-13(17(28)29)8-15(25)26/h1-7,13,24H,8H2,(H,23,27)(H,25,26)(H,28,29). The van der Waals surface area contributed by atoms with Gasteiger partial charge in [-0.15, -0.1) is 0 Å². The second-order valence-corrected chi connectivity index (χ2v) is 7.90. The van der Waals surface area contributed by atoms with Crippen LogP contribution in [0.5, 0.6) is 0 Å². The Hall–Kier alpha value is -3.68. The summed E-state index contributed by atoms with van der Waals surface area (Å²) in [6.07, 6.45) is -6.12. The van der Waals surface area contributed by atoms with Crippen molar-refractivity contribution in [3.8, 4) is 0 Å². The molecular weight excluding hydrogens is 464 g/mol. The van der Waals surface area contributed by atoms with Gasteiger partial charge in [0.2, 0.25) is 0 Å². The molecule has 1 atom stereocenters. The van der Waals surface area contributed by atoms with E-state index in [0.29, 0.717) is 12.1 Å². The third-order valence-corrected chi connectivity index (χ3v) is 5.36. The Balaban J connectivity index is 2.45. The molecule has 0 radical (unpaired) electrons. The molecule has 0 saturated heterocycles. The van der Waals surface area contributed by atoms with Crippen molar-refractivity contribution in [3.63, 3.8) is 0 Å². The smallest absolute Gasteiger partial charge is 0.418 e. The molecule has 0 bridgehead atoms. The van der Waals surface area contributed by atoms with Gasteiger partial charge in [-0.2, -0.15) is 13.2 Å². The summed E-state index contributed by atoms with van der Waals surface area (Å²) in [5.74, 6) is -5.83. The number of carbonyl (C=O) groups is 3. The van der Waals surface area contributed by atoms with E-state index in [4.69, 9.17) is 10.2 Å². The Morgan fingerprint density at radius 3 is 2.22 bits per heavy atom. The van der Waals surface area contributed by atoms with E-state index < -0.39 is 74.0 Å². The summed E-state index contributed by atoms with van der Waals surface area (Å²) < 4.78 is 79.9. The Morgan fingerprint density at radius 1 is 1.03 bits per heavy atom. The van der Waals surface area contributed by atoms with E-state index in [9.17, 15) is 40.4 Å². The zero-order valence-corrected chi connectivity index (χ0v) is 16.5. The normalized spacial score (nSPS) is 12.6. The number of benzene rings is 2. The van der Waals surface area contributed by atoms with Gasteiger partial charge in [-0.1, -0.05) is 12.1 Å². The number of alkyl halides is 3. The number of halogens is 4. The number of carboxylic acids is 2. The van der Waals surface area contributed by atoms with Gasteiger partial charge in [0.1, 0.15) is 16.8 Å². The van der Waals surface area contributed by atoms with Gasteiger partial charge in [-0.25, -0.2) is 17.6 Å². The van der Waals surface area contributed by atoms with Gasteiger partial charge in [0.25, 0.3) is 15.9 Å². The molecule has 2 aromatic carbocycles. The van der Waals surface area contributed by atoms with Crippen LogP contribution in [-0.2, 0) is 25.8 Å². The quantitative estimate of drug-likeness (QED) is 0.425. The second-order valence-electron chi connectivity index (χ2n) is 6.25. The average molecular weight is 478 g/mol. The molecule has 2 aromatic rings. The van der Waals surface area contributed by atoms with E-state index in [2.05, 4.69) is 0 Å². The molecule has 9 nitrogen and oxygen atoms in total. The van der Waals surface area contributed by atoms with Crippen LogP contribution in [-0.4, -0.2) is 42.5 Å². The van der Waals surface area contributed by atoms with Gasteiger partial charge >= 0.3 is 18.1 Å². The van der Waals surface area contributed by atoms with E-state index in [-0.39, 0.29) is 6.07 Å². The Morgan fingerprint density at radius 2 is 1.66 bits per heavy atom. The lowest BCUT2D eigenvalue weighted by atomic mass is 10.1. The van der Waals surface area contributed by atoms with Gasteiger partial charge in [0.05, 0.1) is 23.2 Å². The highest BCUT2D eigenvalue weighted by Gasteiger charge is 2.36. The molecule has 0 aromatic heterocycles. The van der Waals surface area contributed by atoms with Crippen LogP contribution in [0.4, 0.5) is 23.2 Å². The fraction of sp³-hybridized carbons (Fsp3) is 0.167.